The highest BCUT2D eigenvalue weighted by Gasteiger charge is 2.45. The number of benzene rings is 2. The van der Waals surface area contributed by atoms with Crippen LogP contribution in [0, 0.1) is 5.92 Å². The number of aromatic nitrogens is 2. The minimum atomic E-state index is -0.378. The van der Waals surface area contributed by atoms with Gasteiger partial charge in [0.25, 0.3) is 0 Å². The summed E-state index contributed by atoms with van der Waals surface area (Å²) in [4.78, 5) is 32.0. The van der Waals surface area contributed by atoms with Gasteiger partial charge >= 0.3 is 6.03 Å². The van der Waals surface area contributed by atoms with E-state index in [1.165, 1.54) is 10.5 Å². The summed E-state index contributed by atoms with van der Waals surface area (Å²) >= 11 is 0. The van der Waals surface area contributed by atoms with Crippen molar-refractivity contribution >= 4 is 11.9 Å². The molecule has 1 saturated heterocycles. The Kier molecular flexibility index (Phi) is 5.39. The Morgan fingerprint density at radius 2 is 1.83 bits per heavy atom. The highest BCUT2D eigenvalue weighted by molar-refractivity contribution is 5.98. The fourth-order valence-electron chi connectivity index (χ4n) is 5.17. The summed E-state index contributed by atoms with van der Waals surface area (Å²) in [6.45, 7) is 2.49. The van der Waals surface area contributed by atoms with Gasteiger partial charge in [0.1, 0.15) is 0 Å². The third kappa shape index (κ3) is 4.00. The van der Waals surface area contributed by atoms with Crippen molar-refractivity contribution in [2.75, 3.05) is 6.79 Å². The van der Waals surface area contributed by atoms with Crippen molar-refractivity contribution in [2.24, 2.45) is 5.92 Å². The first kappa shape index (κ1) is 21.6. The van der Waals surface area contributed by atoms with Gasteiger partial charge in [-0.05, 0) is 48.9 Å². The van der Waals surface area contributed by atoms with E-state index in [1.807, 2.05) is 24.3 Å². The maximum Gasteiger partial charge on any atom is 0.324 e. The number of carbonyl (C=O) groups is 2. The van der Waals surface area contributed by atoms with Gasteiger partial charge in [0.05, 0.1) is 12.5 Å². The first-order valence-corrected chi connectivity index (χ1v) is 12.0. The lowest BCUT2D eigenvalue weighted by molar-refractivity contribution is -0.137. The molecule has 9 nitrogen and oxygen atoms in total. The number of hydrogen-bond acceptors (Lipinski definition) is 7. The van der Waals surface area contributed by atoms with Gasteiger partial charge in [-0.3, -0.25) is 9.69 Å². The lowest BCUT2D eigenvalue weighted by atomic mass is 9.76. The lowest BCUT2D eigenvalue weighted by Gasteiger charge is -2.41. The van der Waals surface area contributed by atoms with Crippen LogP contribution in [0.15, 0.2) is 47.0 Å². The average molecular weight is 475 g/mol. The van der Waals surface area contributed by atoms with Crippen LogP contribution in [-0.4, -0.2) is 39.8 Å². The quantitative estimate of drug-likeness (QED) is 0.595. The molecule has 1 aromatic heterocycles. The minimum Gasteiger partial charge on any atom is -0.454 e. The van der Waals surface area contributed by atoms with E-state index >= 15 is 0 Å². The van der Waals surface area contributed by atoms with Crippen LogP contribution in [-0.2, 0) is 17.8 Å². The molecule has 1 N–H and O–H groups in total. The fourth-order valence-corrected chi connectivity index (χ4v) is 5.17. The Hall–Kier alpha value is -3.88. The standard InChI is InChI=1S/C26H26N4O5/c1-2-15-3-6-17(7-4-15)23-28-24(35-29-23)18-8-9-19-20(12-18)27-26(32)30(25(19)31)13-16-5-10-21-22(11-16)34-14-33-21/h3-7,10-11,18-20H,2,8-9,12-14H2,1H3,(H,27,32). The summed E-state index contributed by atoms with van der Waals surface area (Å²) in [5.74, 6) is 2.01. The molecular formula is C26H26N4O5. The molecule has 2 fully saturated rings. The topological polar surface area (TPSA) is 107 Å². The molecule has 1 saturated carbocycles. The number of amides is 3. The monoisotopic (exact) mass is 474 g/mol. The molecule has 3 amide bonds. The van der Waals surface area contributed by atoms with E-state index in [0.717, 1.165) is 24.0 Å². The third-order valence-corrected chi connectivity index (χ3v) is 7.18. The summed E-state index contributed by atoms with van der Waals surface area (Å²) < 4.78 is 16.3. The number of rotatable bonds is 5. The molecule has 3 atom stereocenters. The van der Waals surface area contributed by atoms with Crippen LogP contribution in [0.25, 0.3) is 11.4 Å². The van der Waals surface area contributed by atoms with Gasteiger partial charge in [0.2, 0.25) is 24.4 Å². The van der Waals surface area contributed by atoms with E-state index in [-0.39, 0.29) is 43.2 Å². The largest absolute Gasteiger partial charge is 0.454 e. The van der Waals surface area contributed by atoms with Crippen molar-refractivity contribution in [3.05, 3.63) is 59.5 Å². The number of nitrogens with zero attached hydrogens (tertiary/aromatic N) is 3. The van der Waals surface area contributed by atoms with Crippen molar-refractivity contribution in [1.29, 1.82) is 0 Å². The molecule has 6 rings (SSSR count). The summed E-state index contributed by atoms with van der Waals surface area (Å²) in [7, 11) is 0. The van der Waals surface area contributed by atoms with Gasteiger partial charge in [-0.2, -0.15) is 4.98 Å². The third-order valence-electron chi connectivity index (χ3n) is 7.18. The van der Waals surface area contributed by atoms with E-state index in [0.29, 0.717) is 36.1 Å². The summed E-state index contributed by atoms with van der Waals surface area (Å²) in [6.07, 6.45) is 2.96. The number of carbonyl (C=O) groups excluding carboxylic acids is 2. The van der Waals surface area contributed by atoms with Crippen molar-refractivity contribution in [1.82, 2.24) is 20.4 Å². The zero-order valence-electron chi connectivity index (χ0n) is 19.4. The molecule has 2 aromatic carbocycles. The number of imide groups is 1. The summed E-state index contributed by atoms with van der Waals surface area (Å²) in [5, 5.41) is 7.21. The van der Waals surface area contributed by atoms with Crippen LogP contribution in [0.3, 0.4) is 0 Å². The highest BCUT2D eigenvalue weighted by Crippen LogP contribution is 2.39. The van der Waals surface area contributed by atoms with Gasteiger partial charge in [0.15, 0.2) is 11.5 Å². The van der Waals surface area contributed by atoms with E-state index < -0.39 is 0 Å². The molecule has 3 unspecified atom stereocenters. The molecule has 2 aliphatic heterocycles. The molecular weight excluding hydrogens is 448 g/mol. The zero-order chi connectivity index (χ0) is 23.9. The van der Waals surface area contributed by atoms with Gasteiger partial charge < -0.3 is 19.3 Å². The SMILES string of the molecule is CCc1ccc(-c2noc(C3CCC4C(=O)N(Cc5ccc6c(c5)OCO6)C(=O)NC4C3)n2)cc1. The predicted molar refractivity (Wildman–Crippen MR) is 125 cm³/mol. The smallest absolute Gasteiger partial charge is 0.324 e. The molecule has 9 heteroatoms. The van der Waals surface area contributed by atoms with E-state index in [2.05, 4.69) is 34.5 Å². The first-order chi connectivity index (χ1) is 17.1. The Morgan fingerprint density at radius 3 is 2.66 bits per heavy atom. The number of hydrogen-bond donors (Lipinski definition) is 1. The normalized spacial score (nSPS) is 23.2. The number of ether oxygens (including phenoxy) is 2. The van der Waals surface area contributed by atoms with Crippen molar-refractivity contribution in [3.63, 3.8) is 0 Å². The Balaban J connectivity index is 1.13. The molecule has 180 valence electrons. The molecule has 0 radical (unpaired) electrons. The predicted octanol–water partition coefficient (Wildman–Crippen LogP) is 4.03. The molecule has 3 aliphatic rings. The second-order valence-electron chi connectivity index (χ2n) is 9.29. The van der Waals surface area contributed by atoms with Gasteiger partial charge in [-0.25, -0.2) is 4.79 Å². The van der Waals surface area contributed by atoms with Crippen molar-refractivity contribution in [3.8, 4) is 22.9 Å². The van der Waals surface area contributed by atoms with Crippen LogP contribution < -0.4 is 14.8 Å². The molecule has 3 aromatic rings. The maximum absolute atomic E-state index is 13.3. The van der Waals surface area contributed by atoms with E-state index in [9.17, 15) is 9.59 Å². The second-order valence-corrected chi connectivity index (χ2v) is 9.29. The summed E-state index contributed by atoms with van der Waals surface area (Å²) in [6, 6.07) is 13.0. The van der Waals surface area contributed by atoms with Crippen molar-refractivity contribution < 1.29 is 23.6 Å². The Morgan fingerprint density at radius 1 is 1.03 bits per heavy atom. The first-order valence-electron chi connectivity index (χ1n) is 12.0. The van der Waals surface area contributed by atoms with Crippen molar-refractivity contribution in [2.45, 2.75) is 51.1 Å². The lowest BCUT2D eigenvalue weighted by Crippen LogP contribution is -2.60. The number of urea groups is 1. The van der Waals surface area contributed by atoms with Gasteiger partial charge in [-0.15, -0.1) is 0 Å². The Bertz CT molecular complexity index is 1270. The van der Waals surface area contributed by atoms with Crippen LogP contribution in [0.5, 0.6) is 11.5 Å². The Labute approximate surface area is 202 Å². The number of nitrogens with one attached hydrogen (secondary N) is 1. The average Bonchev–Trinajstić information content (AvgIpc) is 3.56. The molecule has 1 aliphatic carbocycles. The molecule has 35 heavy (non-hydrogen) atoms. The van der Waals surface area contributed by atoms with Gasteiger partial charge in [0, 0.05) is 17.5 Å². The van der Waals surface area contributed by atoms with Crippen LogP contribution >= 0.6 is 0 Å². The second kappa shape index (κ2) is 8.72. The van der Waals surface area contributed by atoms with Crippen LogP contribution in [0.4, 0.5) is 4.79 Å². The van der Waals surface area contributed by atoms with Crippen LogP contribution in [0.1, 0.15) is 49.1 Å². The number of aryl methyl sites for hydroxylation is 1. The zero-order valence-corrected chi connectivity index (χ0v) is 19.4. The molecule has 0 spiro atoms. The van der Waals surface area contributed by atoms with E-state index in [1.54, 1.807) is 6.07 Å². The van der Waals surface area contributed by atoms with Gasteiger partial charge in [-0.1, -0.05) is 42.4 Å². The highest BCUT2D eigenvalue weighted by atomic mass is 16.7. The van der Waals surface area contributed by atoms with Crippen LogP contribution in [0.2, 0.25) is 0 Å². The molecule has 3 heterocycles. The summed E-state index contributed by atoms with van der Waals surface area (Å²) in [5.41, 5.74) is 2.97. The number of fused-ring (bicyclic) bond motifs is 2. The maximum atomic E-state index is 13.3. The fraction of sp³-hybridized carbons (Fsp3) is 0.385. The minimum absolute atomic E-state index is 0.000856. The molecule has 0 bridgehead atoms. The van der Waals surface area contributed by atoms with E-state index in [4.69, 9.17) is 14.0 Å².